The third-order valence-corrected chi connectivity index (χ3v) is 5.46. The van der Waals surface area contributed by atoms with E-state index in [4.69, 9.17) is 4.84 Å². The van der Waals surface area contributed by atoms with Gasteiger partial charge in [0.1, 0.15) is 11.8 Å². The molecule has 0 N–H and O–H groups in total. The van der Waals surface area contributed by atoms with Gasteiger partial charge in [0.15, 0.2) is 11.5 Å². The van der Waals surface area contributed by atoms with Crippen LogP contribution in [0.1, 0.15) is 24.0 Å². The summed E-state index contributed by atoms with van der Waals surface area (Å²) in [6.07, 6.45) is 6.38. The van der Waals surface area contributed by atoms with Gasteiger partial charge in [0.05, 0.1) is 19.0 Å². The van der Waals surface area contributed by atoms with Crippen LogP contribution in [0.2, 0.25) is 0 Å². The number of anilines is 1. The van der Waals surface area contributed by atoms with Crippen LogP contribution in [-0.2, 0) is 24.4 Å². The standard InChI is InChI=1S/C23H23N5O/c1-3-7-18(8-4-1)11-12-20-13-14-27-17-26-22-21(27)23(25-16-24-22)28(20)29-15-19-9-5-2-6-10-19/h1-10,16-17,20H,11-15H2. The zero-order valence-corrected chi connectivity index (χ0v) is 16.2. The van der Waals surface area contributed by atoms with Gasteiger partial charge in [-0.25, -0.2) is 20.0 Å². The second-order valence-corrected chi connectivity index (χ2v) is 7.36. The van der Waals surface area contributed by atoms with Gasteiger partial charge in [-0.05, 0) is 30.4 Å². The molecule has 2 aromatic heterocycles. The lowest BCUT2D eigenvalue weighted by atomic mass is 10.0. The first-order valence-corrected chi connectivity index (χ1v) is 10.0. The zero-order valence-electron chi connectivity index (χ0n) is 16.2. The largest absolute Gasteiger partial charge is 0.326 e. The molecule has 6 nitrogen and oxygen atoms in total. The first-order chi connectivity index (χ1) is 14.4. The van der Waals surface area contributed by atoms with E-state index in [9.17, 15) is 0 Å². The first kappa shape index (κ1) is 17.8. The first-order valence-electron chi connectivity index (χ1n) is 10.0. The summed E-state index contributed by atoms with van der Waals surface area (Å²) < 4.78 is 2.14. The quantitative estimate of drug-likeness (QED) is 0.499. The van der Waals surface area contributed by atoms with Crippen molar-refractivity contribution in [2.75, 3.05) is 5.06 Å². The number of nitrogens with zero attached hydrogens (tertiary/aromatic N) is 5. The SMILES string of the molecule is c1ccc(CCC2CCn3cnc4ncnc(c43)N2OCc2ccccc2)cc1. The van der Waals surface area contributed by atoms with Crippen LogP contribution in [0.4, 0.5) is 5.82 Å². The van der Waals surface area contributed by atoms with Crippen molar-refractivity contribution in [3.8, 4) is 0 Å². The minimum atomic E-state index is 0.219. The van der Waals surface area contributed by atoms with Crippen LogP contribution in [0.5, 0.6) is 0 Å². The molecule has 1 aliphatic rings. The van der Waals surface area contributed by atoms with Crippen molar-refractivity contribution in [2.45, 2.75) is 38.5 Å². The minimum Gasteiger partial charge on any atom is -0.326 e. The van der Waals surface area contributed by atoms with Crippen molar-refractivity contribution in [1.82, 2.24) is 19.5 Å². The van der Waals surface area contributed by atoms with Crippen LogP contribution in [-0.4, -0.2) is 25.6 Å². The van der Waals surface area contributed by atoms with Crippen LogP contribution in [0.15, 0.2) is 73.3 Å². The van der Waals surface area contributed by atoms with Gasteiger partial charge in [-0.3, -0.25) is 4.84 Å². The highest BCUT2D eigenvalue weighted by atomic mass is 16.7. The maximum Gasteiger partial charge on any atom is 0.183 e. The number of hydroxylamine groups is 1. The number of imidazole rings is 1. The van der Waals surface area contributed by atoms with E-state index in [1.165, 1.54) is 5.56 Å². The Bertz CT molecular complexity index is 1080. The number of rotatable bonds is 6. The van der Waals surface area contributed by atoms with Gasteiger partial charge in [-0.2, -0.15) is 0 Å². The molecule has 1 unspecified atom stereocenters. The van der Waals surface area contributed by atoms with Crippen molar-refractivity contribution >= 4 is 17.0 Å². The summed E-state index contributed by atoms with van der Waals surface area (Å²) in [7, 11) is 0. The highest BCUT2D eigenvalue weighted by Crippen LogP contribution is 2.31. The van der Waals surface area contributed by atoms with Crippen molar-refractivity contribution < 1.29 is 4.84 Å². The molecule has 3 heterocycles. The molecule has 5 rings (SSSR count). The van der Waals surface area contributed by atoms with Crippen molar-refractivity contribution in [1.29, 1.82) is 0 Å². The predicted molar refractivity (Wildman–Crippen MR) is 112 cm³/mol. The highest BCUT2D eigenvalue weighted by Gasteiger charge is 2.28. The van der Waals surface area contributed by atoms with E-state index in [-0.39, 0.29) is 6.04 Å². The molecule has 4 aromatic rings. The third kappa shape index (κ3) is 3.71. The Morgan fingerprint density at radius 3 is 2.45 bits per heavy atom. The Labute approximate surface area is 169 Å². The zero-order chi connectivity index (χ0) is 19.5. The molecule has 0 fully saturated rings. The number of aryl methyl sites for hydroxylation is 2. The van der Waals surface area contributed by atoms with Crippen molar-refractivity contribution in [2.24, 2.45) is 0 Å². The molecule has 0 bridgehead atoms. The lowest BCUT2D eigenvalue weighted by Gasteiger charge is -2.30. The summed E-state index contributed by atoms with van der Waals surface area (Å²) in [6, 6.07) is 21.1. The Hall–Kier alpha value is -3.25. The summed E-state index contributed by atoms with van der Waals surface area (Å²) in [5, 5.41) is 2.01. The number of benzene rings is 2. The molecule has 1 atom stereocenters. The van der Waals surface area contributed by atoms with Crippen LogP contribution in [0.3, 0.4) is 0 Å². The molecular weight excluding hydrogens is 362 g/mol. The summed E-state index contributed by atoms with van der Waals surface area (Å²) in [4.78, 5) is 19.7. The van der Waals surface area contributed by atoms with Gasteiger partial charge < -0.3 is 4.57 Å². The second kappa shape index (κ2) is 8.01. The van der Waals surface area contributed by atoms with E-state index in [0.717, 1.165) is 42.7 Å². The highest BCUT2D eigenvalue weighted by molar-refractivity contribution is 5.83. The second-order valence-electron chi connectivity index (χ2n) is 7.36. The Morgan fingerprint density at radius 1 is 0.897 bits per heavy atom. The Balaban J connectivity index is 1.45. The van der Waals surface area contributed by atoms with Gasteiger partial charge in [0.2, 0.25) is 0 Å². The van der Waals surface area contributed by atoms with Gasteiger partial charge in [-0.15, -0.1) is 0 Å². The van der Waals surface area contributed by atoms with Gasteiger partial charge in [0, 0.05) is 6.54 Å². The molecule has 0 radical (unpaired) electrons. The van der Waals surface area contributed by atoms with Gasteiger partial charge in [0.25, 0.3) is 0 Å². The molecule has 0 spiro atoms. The molecule has 0 saturated heterocycles. The third-order valence-electron chi connectivity index (χ3n) is 5.46. The molecule has 0 amide bonds. The molecular formula is C23H23N5O. The van der Waals surface area contributed by atoms with Crippen LogP contribution >= 0.6 is 0 Å². The summed E-state index contributed by atoms with van der Waals surface area (Å²) in [6.45, 7) is 1.38. The average molecular weight is 385 g/mol. The molecule has 0 saturated carbocycles. The van der Waals surface area contributed by atoms with E-state index in [0.29, 0.717) is 12.3 Å². The van der Waals surface area contributed by atoms with Crippen LogP contribution < -0.4 is 5.06 Å². The van der Waals surface area contributed by atoms with E-state index in [1.54, 1.807) is 6.33 Å². The van der Waals surface area contributed by atoms with Crippen molar-refractivity contribution in [3.63, 3.8) is 0 Å². The van der Waals surface area contributed by atoms with Crippen LogP contribution in [0, 0.1) is 0 Å². The van der Waals surface area contributed by atoms with Crippen molar-refractivity contribution in [3.05, 3.63) is 84.4 Å². The van der Waals surface area contributed by atoms with Crippen LogP contribution in [0.25, 0.3) is 11.2 Å². The van der Waals surface area contributed by atoms with E-state index >= 15 is 0 Å². The van der Waals surface area contributed by atoms with E-state index < -0.39 is 0 Å². The monoisotopic (exact) mass is 385 g/mol. The fourth-order valence-electron chi connectivity index (χ4n) is 3.93. The molecule has 0 aliphatic carbocycles. The fourth-order valence-corrected chi connectivity index (χ4v) is 3.93. The number of hydrogen-bond acceptors (Lipinski definition) is 5. The number of hydrogen-bond donors (Lipinski definition) is 0. The minimum absolute atomic E-state index is 0.219. The molecule has 146 valence electrons. The fraction of sp³-hybridized carbons (Fsp3) is 0.261. The summed E-state index contributed by atoms with van der Waals surface area (Å²) in [5.41, 5.74) is 4.14. The topological polar surface area (TPSA) is 56.1 Å². The Morgan fingerprint density at radius 2 is 1.66 bits per heavy atom. The Kier molecular flexibility index (Phi) is 4.92. The maximum atomic E-state index is 6.37. The summed E-state index contributed by atoms with van der Waals surface area (Å²) >= 11 is 0. The lowest BCUT2D eigenvalue weighted by molar-refractivity contribution is 0.0682. The van der Waals surface area contributed by atoms with Gasteiger partial charge >= 0.3 is 0 Å². The van der Waals surface area contributed by atoms with E-state index in [2.05, 4.69) is 62.0 Å². The van der Waals surface area contributed by atoms with Gasteiger partial charge in [-0.1, -0.05) is 60.7 Å². The normalized spacial score (nSPS) is 16.1. The maximum absolute atomic E-state index is 6.37. The smallest absolute Gasteiger partial charge is 0.183 e. The average Bonchev–Trinajstić information content (AvgIpc) is 3.13. The number of aromatic nitrogens is 4. The summed E-state index contributed by atoms with van der Waals surface area (Å²) in [5.74, 6) is 0.805. The lowest BCUT2D eigenvalue weighted by Crippen LogP contribution is -2.36. The molecule has 2 aromatic carbocycles. The molecule has 6 heteroatoms. The van der Waals surface area contributed by atoms with E-state index in [1.807, 2.05) is 29.6 Å². The molecule has 29 heavy (non-hydrogen) atoms. The predicted octanol–water partition coefficient (Wildman–Crippen LogP) is 4.17. The molecule has 1 aliphatic heterocycles.